The third kappa shape index (κ3) is 5.41. The van der Waals surface area contributed by atoms with Gasteiger partial charge in [-0.05, 0) is 18.2 Å². The second-order valence-electron chi connectivity index (χ2n) is 9.00. The standard InChI is InChI=1S/C24H27N5O5S/c1-24(2,3)17-14-35-23(25-17)27-21(31)15-7-8-29-18(13-15)26-20(28-9-11-34-12-10-28)16(22(29)32)5-6-19(30)33-4/h5-8,13-14H,9-12H2,1-4H3,(H,25,27,31)/b6-5+. The third-order valence-electron chi connectivity index (χ3n) is 5.50. The Morgan fingerprint density at radius 2 is 1.97 bits per heavy atom. The van der Waals surface area contributed by atoms with Crippen molar-refractivity contribution < 1.29 is 19.1 Å². The third-order valence-corrected chi connectivity index (χ3v) is 6.26. The highest BCUT2D eigenvalue weighted by molar-refractivity contribution is 7.14. The highest BCUT2D eigenvalue weighted by atomic mass is 32.1. The minimum Gasteiger partial charge on any atom is -0.466 e. The summed E-state index contributed by atoms with van der Waals surface area (Å²) in [6, 6.07) is 3.11. The van der Waals surface area contributed by atoms with Crippen molar-refractivity contribution in [2.24, 2.45) is 0 Å². The average molecular weight is 498 g/mol. The van der Waals surface area contributed by atoms with Crippen molar-refractivity contribution in [2.45, 2.75) is 26.2 Å². The molecule has 1 N–H and O–H groups in total. The van der Waals surface area contributed by atoms with Crippen LogP contribution < -0.4 is 15.8 Å². The van der Waals surface area contributed by atoms with Crippen molar-refractivity contribution >= 4 is 45.9 Å². The fourth-order valence-electron chi connectivity index (χ4n) is 3.51. The minimum atomic E-state index is -0.578. The van der Waals surface area contributed by atoms with Gasteiger partial charge in [-0.25, -0.2) is 14.8 Å². The maximum atomic E-state index is 13.3. The van der Waals surface area contributed by atoms with E-state index in [0.717, 1.165) is 5.69 Å². The van der Waals surface area contributed by atoms with Gasteiger partial charge in [0.25, 0.3) is 11.5 Å². The van der Waals surface area contributed by atoms with Crippen LogP contribution in [0, 0.1) is 0 Å². The van der Waals surface area contributed by atoms with E-state index in [1.54, 1.807) is 12.1 Å². The Bertz CT molecular complexity index is 1350. The van der Waals surface area contributed by atoms with Gasteiger partial charge >= 0.3 is 5.97 Å². The number of pyridine rings is 1. The number of hydrogen-bond acceptors (Lipinski definition) is 9. The molecule has 10 nitrogen and oxygen atoms in total. The van der Waals surface area contributed by atoms with E-state index in [1.807, 2.05) is 10.3 Å². The number of aromatic nitrogens is 3. The van der Waals surface area contributed by atoms with Crippen LogP contribution in [0.4, 0.5) is 10.9 Å². The lowest BCUT2D eigenvalue weighted by atomic mass is 9.93. The number of carbonyl (C=O) groups is 2. The lowest BCUT2D eigenvalue weighted by molar-refractivity contribution is -0.134. The zero-order valence-corrected chi connectivity index (χ0v) is 20.8. The largest absolute Gasteiger partial charge is 0.466 e. The van der Waals surface area contributed by atoms with E-state index in [4.69, 9.17) is 4.74 Å². The molecule has 1 aliphatic heterocycles. The minimum absolute atomic E-state index is 0.122. The second kappa shape index (κ2) is 9.96. The highest BCUT2D eigenvalue weighted by Crippen LogP contribution is 2.27. The molecule has 0 aromatic carbocycles. The zero-order chi connectivity index (χ0) is 25.2. The van der Waals surface area contributed by atoms with Crippen LogP contribution in [-0.4, -0.2) is 59.7 Å². The molecule has 4 rings (SSSR count). The highest BCUT2D eigenvalue weighted by Gasteiger charge is 2.21. The Morgan fingerprint density at radius 1 is 1.23 bits per heavy atom. The number of nitrogens with zero attached hydrogens (tertiary/aromatic N) is 4. The molecular weight excluding hydrogens is 470 g/mol. The van der Waals surface area contributed by atoms with Gasteiger partial charge in [-0.2, -0.15) is 0 Å². The van der Waals surface area contributed by atoms with Gasteiger partial charge in [0.05, 0.1) is 31.6 Å². The molecule has 0 spiro atoms. The average Bonchev–Trinajstić information content (AvgIpc) is 3.32. The second-order valence-corrected chi connectivity index (χ2v) is 9.85. The molecule has 0 radical (unpaired) electrons. The molecule has 0 unspecified atom stereocenters. The van der Waals surface area contributed by atoms with Crippen molar-refractivity contribution in [3.8, 4) is 0 Å². The van der Waals surface area contributed by atoms with Crippen LogP contribution in [0.15, 0.2) is 34.6 Å². The first-order chi connectivity index (χ1) is 16.7. The smallest absolute Gasteiger partial charge is 0.330 e. The summed E-state index contributed by atoms with van der Waals surface area (Å²) in [5, 5.41) is 5.25. The molecule has 0 atom stereocenters. The van der Waals surface area contributed by atoms with Crippen LogP contribution in [0.25, 0.3) is 11.7 Å². The Kier molecular flexibility index (Phi) is 6.99. The number of esters is 1. The van der Waals surface area contributed by atoms with Crippen molar-refractivity contribution in [1.29, 1.82) is 0 Å². The Labute approximate surface area is 206 Å². The number of rotatable bonds is 5. The molecule has 0 bridgehead atoms. The Hall–Kier alpha value is -3.57. The number of methoxy groups -OCH3 is 1. The number of fused-ring (bicyclic) bond motifs is 1. The molecule has 1 aliphatic rings. The number of anilines is 2. The summed E-state index contributed by atoms with van der Waals surface area (Å²) in [6.07, 6.45) is 4.10. The number of carbonyl (C=O) groups excluding carboxylic acids is 2. The van der Waals surface area contributed by atoms with Crippen LogP contribution in [0.5, 0.6) is 0 Å². The summed E-state index contributed by atoms with van der Waals surface area (Å²) < 4.78 is 11.4. The topological polar surface area (TPSA) is 115 Å². The monoisotopic (exact) mass is 497 g/mol. The predicted molar refractivity (Wildman–Crippen MR) is 134 cm³/mol. The van der Waals surface area contributed by atoms with Gasteiger partial charge in [-0.15, -0.1) is 11.3 Å². The molecule has 0 aliphatic carbocycles. The van der Waals surface area contributed by atoms with Crippen LogP contribution >= 0.6 is 11.3 Å². The maximum absolute atomic E-state index is 13.3. The predicted octanol–water partition coefficient (Wildman–Crippen LogP) is 2.72. The van der Waals surface area contributed by atoms with Gasteiger partial charge in [0.2, 0.25) is 0 Å². The molecule has 1 fully saturated rings. The zero-order valence-electron chi connectivity index (χ0n) is 20.0. The number of morpholine rings is 1. The van der Waals surface area contributed by atoms with Crippen LogP contribution in [-0.2, 0) is 19.7 Å². The van der Waals surface area contributed by atoms with Crippen LogP contribution in [0.3, 0.4) is 0 Å². The fourth-order valence-corrected chi connectivity index (χ4v) is 4.44. The van der Waals surface area contributed by atoms with Gasteiger partial charge in [-0.1, -0.05) is 20.8 Å². The molecule has 11 heteroatoms. The molecule has 1 saturated heterocycles. The lowest BCUT2D eigenvalue weighted by Gasteiger charge is -2.29. The molecule has 1 amide bonds. The van der Waals surface area contributed by atoms with E-state index >= 15 is 0 Å². The van der Waals surface area contributed by atoms with E-state index in [0.29, 0.717) is 48.5 Å². The van der Waals surface area contributed by atoms with E-state index in [-0.39, 0.29) is 22.4 Å². The summed E-state index contributed by atoms with van der Waals surface area (Å²) in [5.74, 6) is -0.504. The van der Waals surface area contributed by atoms with Crippen molar-refractivity contribution in [1.82, 2.24) is 14.4 Å². The lowest BCUT2D eigenvalue weighted by Crippen LogP contribution is -2.38. The summed E-state index contributed by atoms with van der Waals surface area (Å²) in [4.78, 5) is 49.0. The van der Waals surface area contributed by atoms with Crippen molar-refractivity contribution in [3.63, 3.8) is 0 Å². The number of thiazole rings is 1. The van der Waals surface area contributed by atoms with E-state index in [1.165, 1.54) is 41.2 Å². The van der Waals surface area contributed by atoms with Gasteiger partial charge in [0.15, 0.2) is 5.13 Å². The summed E-state index contributed by atoms with van der Waals surface area (Å²) >= 11 is 1.36. The van der Waals surface area contributed by atoms with Gasteiger partial charge in [0, 0.05) is 41.7 Å². The Morgan fingerprint density at radius 3 is 2.63 bits per heavy atom. The molecule has 3 aromatic rings. The van der Waals surface area contributed by atoms with Crippen molar-refractivity contribution in [3.05, 3.63) is 57.0 Å². The fraction of sp³-hybridized carbons (Fsp3) is 0.375. The van der Waals surface area contributed by atoms with Crippen LogP contribution in [0.2, 0.25) is 0 Å². The van der Waals surface area contributed by atoms with Crippen molar-refractivity contribution in [2.75, 3.05) is 43.6 Å². The summed E-state index contributed by atoms with van der Waals surface area (Å²) in [6.45, 7) is 8.25. The van der Waals surface area contributed by atoms with E-state index in [2.05, 4.69) is 40.8 Å². The molecule has 4 heterocycles. The molecule has 35 heavy (non-hydrogen) atoms. The Balaban J connectivity index is 1.71. The van der Waals surface area contributed by atoms with E-state index < -0.39 is 5.97 Å². The first kappa shape index (κ1) is 24.6. The number of nitrogens with one attached hydrogen (secondary N) is 1. The number of ether oxygens (including phenoxy) is 2. The van der Waals surface area contributed by atoms with E-state index in [9.17, 15) is 14.4 Å². The molecule has 0 saturated carbocycles. The first-order valence-electron chi connectivity index (χ1n) is 11.1. The molecule has 3 aromatic heterocycles. The SMILES string of the molecule is COC(=O)/C=C/c1c(N2CCOCC2)nc2cc(C(=O)Nc3nc(C(C)(C)C)cs3)ccn2c1=O. The number of hydrogen-bond donors (Lipinski definition) is 1. The maximum Gasteiger partial charge on any atom is 0.330 e. The molecule has 184 valence electrons. The quantitative estimate of drug-likeness (QED) is 0.423. The summed E-state index contributed by atoms with van der Waals surface area (Å²) in [5.41, 5.74) is 1.32. The van der Waals surface area contributed by atoms with Gasteiger partial charge in [-0.3, -0.25) is 19.3 Å². The number of amides is 1. The normalized spacial score (nSPS) is 14.5. The van der Waals surface area contributed by atoms with Crippen LogP contribution in [0.1, 0.15) is 42.4 Å². The van der Waals surface area contributed by atoms with Gasteiger partial charge < -0.3 is 14.4 Å². The summed E-state index contributed by atoms with van der Waals surface area (Å²) in [7, 11) is 1.27. The molecular formula is C24H27N5O5S. The van der Waals surface area contributed by atoms with Gasteiger partial charge in [0.1, 0.15) is 11.5 Å². The first-order valence-corrected chi connectivity index (χ1v) is 12.0.